The first-order valence-electron chi connectivity index (χ1n) is 22.5. The van der Waals surface area contributed by atoms with E-state index < -0.39 is 6.10 Å². The van der Waals surface area contributed by atoms with Crippen molar-refractivity contribution in [2.45, 2.75) is 258 Å². The molecule has 1 unspecified atom stereocenters. The molecular weight excluding hydrogens is 636 g/mol. The van der Waals surface area contributed by atoms with Crippen LogP contribution in [0.5, 0.6) is 0 Å². The molecule has 0 saturated heterocycles. The van der Waals surface area contributed by atoms with E-state index in [1.165, 1.54) is 154 Å². The number of unbranched alkanes of at least 4 members (excludes halogenated alkanes) is 30. The Labute approximate surface area is 317 Å². The fraction of sp³-hybridized carbons (Fsp3) is 0.933. The highest BCUT2D eigenvalue weighted by Crippen LogP contribution is 2.16. The van der Waals surface area contributed by atoms with Crippen molar-refractivity contribution in [1.82, 2.24) is 0 Å². The molecule has 0 aromatic heterocycles. The van der Waals surface area contributed by atoms with E-state index in [0.29, 0.717) is 19.3 Å². The van der Waals surface area contributed by atoms with Crippen molar-refractivity contribution >= 4 is 17.9 Å². The molecule has 0 bridgehead atoms. The summed E-state index contributed by atoms with van der Waals surface area (Å²) in [6, 6.07) is 0. The number of ether oxygens (including phenoxy) is 3. The van der Waals surface area contributed by atoms with Crippen molar-refractivity contribution in [3.63, 3.8) is 0 Å². The molecule has 0 aromatic rings. The zero-order valence-corrected chi connectivity index (χ0v) is 34.4. The second kappa shape index (κ2) is 41.2. The second-order valence-corrected chi connectivity index (χ2v) is 15.3. The van der Waals surface area contributed by atoms with Crippen LogP contribution in [0, 0.1) is 0 Å². The molecule has 0 radical (unpaired) electrons. The van der Waals surface area contributed by atoms with Crippen LogP contribution < -0.4 is 0 Å². The molecule has 51 heavy (non-hydrogen) atoms. The SMILES string of the molecule is CCCCCCCCCCCCCCCCCCCCC(=O)OCC(COC(=O)CCCCCCCC)OC(=O)CCCCCCCCCCC. The van der Waals surface area contributed by atoms with Crippen molar-refractivity contribution in [2.75, 3.05) is 13.2 Å². The average Bonchev–Trinajstić information content (AvgIpc) is 3.12. The van der Waals surface area contributed by atoms with E-state index in [1.54, 1.807) is 0 Å². The Morgan fingerprint density at radius 1 is 0.314 bits per heavy atom. The Balaban J connectivity index is 4.12. The van der Waals surface area contributed by atoms with Crippen LogP contribution in [0.15, 0.2) is 0 Å². The van der Waals surface area contributed by atoms with Gasteiger partial charge in [0.2, 0.25) is 0 Å². The van der Waals surface area contributed by atoms with E-state index in [9.17, 15) is 14.4 Å². The lowest BCUT2D eigenvalue weighted by molar-refractivity contribution is -0.167. The Hall–Kier alpha value is -1.59. The Morgan fingerprint density at radius 3 is 0.784 bits per heavy atom. The molecule has 0 heterocycles. The summed E-state index contributed by atoms with van der Waals surface area (Å²) >= 11 is 0. The molecule has 0 aromatic carbocycles. The Kier molecular flexibility index (Phi) is 39.9. The minimum atomic E-state index is -0.756. The van der Waals surface area contributed by atoms with Crippen LogP contribution >= 0.6 is 0 Å². The minimum absolute atomic E-state index is 0.0638. The predicted molar refractivity (Wildman–Crippen MR) is 215 cm³/mol. The van der Waals surface area contributed by atoms with Crippen molar-refractivity contribution in [1.29, 1.82) is 0 Å². The maximum absolute atomic E-state index is 12.6. The van der Waals surface area contributed by atoms with Gasteiger partial charge in [-0.25, -0.2) is 0 Å². The van der Waals surface area contributed by atoms with Crippen molar-refractivity contribution < 1.29 is 28.6 Å². The number of hydrogen-bond donors (Lipinski definition) is 0. The molecule has 0 aliphatic heterocycles. The summed E-state index contributed by atoms with van der Waals surface area (Å²) in [6.07, 6.45) is 41.1. The van der Waals surface area contributed by atoms with Gasteiger partial charge in [0.25, 0.3) is 0 Å². The number of rotatable bonds is 41. The lowest BCUT2D eigenvalue weighted by atomic mass is 10.0. The third-order valence-corrected chi connectivity index (χ3v) is 10.1. The molecule has 0 rings (SSSR count). The van der Waals surface area contributed by atoms with Crippen molar-refractivity contribution in [3.8, 4) is 0 Å². The fourth-order valence-electron chi connectivity index (χ4n) is 6.68. The van der Waals surface area contributed by atoms with Crippen molar-refractivity contribution in [3.05, 3.63) is 0 Å². The van der Waals surface area contributed by atoms with E-state index >= 15 is 0 Å². The van der Waals surface area contributed by atoms with Gasteiger partial charge in [-0.2, -0.15) is 0 Å². The molecule has 6 heteroatoms. The van der Waals surface area contributed by atoms with Gasteiger partial charge in [0.1, 0.15) is 13.2 Å². The molecule has 0 fully saturated rings. The lowest BCUT2D eigenvalue weighted by Gasteiger charge is -2.18. The first-order chi connectivity index (χ1) is 25.0. The summed E-state index contributed by atoms with van der Waals surface area (Å²) in [5.74, 6) is -0.866. The van der Waals surface area contributed by atoms with Crippen LogP contribution in [-0.2, 0) is 28.6 Å². The van der Waals surface area contributed by atoms with Gasteiger partial charge in [-0.1, -0.05) is 213 Å². The molecule has 0 saturated carbocycles. The van der Waals surface area contributed by atoms with Gasteiger partial charge in [-0.3, -0.25) is 14.4 Å². The highest BCUT2D eigenvalue weighted by Gasteiger charge is 2.19. The second-order valence-electron chi connectivity index (χ2n) is 15.3. The molecule has 0 aliphatic rings. The lowest BCUT2D eigenvalue weighted by Crippen LogP contribution is -2.30. The number of carbonyl (C=O) groups excluding carboxylic acids is 3. The fourth-order valence-corrected chi connectivity index (χ4v) is 6.68. The van der Waals surface area contributed by atoms with E-state index in [1.807, 2.05) is 0 Å². The molecular formula is C45H86O6. The van der Waals surface area contributed by atoms with Crippen LogP contribution in [0.1, 0.15) is 252 Å². The van der Waals surface area contributed by atoms with Crippen LogP contribution in [0.25, 0.3) is 0 Å². The summed E-state index contributed by atoms with van der Waals surface area (Å²) < 4.78 is 16.6. The minimum Gasteiger partial charge on any atom is -0.462 e. The summed E-state index contributed by atoms with van der Waals surface area (Å²) in [4.78, 5) is 37.4. The van der Waals surface area contributed by atoms with Gasteiger partial charge in [0.15, 0.2) is 6.10 Å². The number of hydrogen-bond acceptors (Lipinski definition) is 6. The summed E-state index contributed by atoms with van der Waals surface area (Å²) in [6.45, 7) is 6.58. The van der Waals surface area contributed by atoms with Crippen LogP contribution in [-0.4, -0.2) is 37.2 Å². The van der Waals surface area contributed by atoms with Crippen molar-refractivity contribution in [2.24, 2.45) is 0 Å². The van der Waals surface area contributed by atoms with Crippen LogP contribution in [0.2, 0.25) is 0 Å². The largest absolute Gasteiger partial charge is 0.462 e. The predicted octanol–water partition coefficient (Wildman–Crippen LogP) is 14.1. The highest BCUT2D eigenvalue weighted by atomic mass is 16.6. The first-order valence-corrected chi connectivity index (χ1v) is 22.5. The third kappa shape index (κ3) is 39.5. The van der Waals surface area contributed by atoms with Crippen LogP contribution in [0.4, 0.5) is 0 Å². The molecule has 6 nitrogen and oxygen atoms in total. The molecule has 0 N–H and O–H groups in total. The molecule has 302 valence electrons. The normalized spacial score (nSPS) is 11.8. The summed E-state index contributed by atoms with van der Waals surface area (Å²) in [5, 5.41) is 0. The van der Waals surface area contributed by atoms with Crippen LogP contribution in [0.3, 0.4) is 0 Å². The van der Waals surface area contributed by atoms with E-state index in [2.05, 4.69) is 20.8 Å². The zero-order valence-electron chi connectivity index (χ0n) is 34.4. The van der Waals surface area contributed by atoms with Gasteiger partial charge in [0.05, 0.1) is 0 Å². The highest BCUT2D eigenvalue weighted by molar-refractivity contribution is 5.71. The first kappa shape index (κ1) is 49.4. The number of esters is 3. The Bertz CT molecular complexity index is 753. The maximum atomic E-state index is 12.6. The molecule has 0 amide bonds. The molecule has 0 spiro atoms. The summed E-state index contributed by atoms with van der Waals surface area (Å²) in [5.41, 5.74) is 0. The van der Waals surface area contributed by atoms with Gasteiger partial charge >= 0.3 is 17.9 Å². The summed E-state index contributed by atoms with van der Waals surface area (Å²) in [7, 11) is 0. The molecule has 0 aliphatic carbocycles. The maximum Gasteiger partial charge on any atom is 0.306 e. The van der Waals surface area contributed by atoms with Gasteiger partial charge in [0, 0.05) is 19.3 Å². The van der Waals surface area contributed by atoms with Gasteiger partial charge < -0.3 is 14.2 Å². The molecule has 1 atom stereocenters. The van der Waals surface area contributed by atoms with E-state index in [4.69, 9.17) is 14.2 Å². The van der Waals surface area contributed by atoms with Gasteiger partial charge in [-0.05, 0) is 19.3 Å². The van der Waals surface area contributed by atoms with E-state index in [-0.39, 0.29) is 31.1 Å². The monoisotopic (exact) mass is 723 g/mol. The third-order valence-electron chi connectivity index (χ3n) is 10.1. The Morgan fingerprint density at radius 2 is 0.529 bits per heavy atom. The standard InChI is InChI=1S/C45H86O6/c1-4-7-10-13-16-18-19-20-21-22-23-24-25-26-28-29-32-35-38-44(47)50-41-42(40-49-43(46)37-34-31-15-12-9-6-3)51-45(48)39-36-33-30-27-17-14-11-8-5-2/h42H,4-41H2,1-3H3. The smallest absolute Gasteiger partial charge is 0.306 e. The zero-order chi connectivity index (χ0) is 37.3. The van der Waals surface area contributed by atoms with Gasteiger partial charge in [-0.15, -0.1) is 0 Å². The number of carbonyl (C=O) groups is 3. The average molecular weight is 723 g/mol. The topological polar surface area (TPSA) is 78.9 Å². The quantitative estimate of drug-likeness (QED) is 0.0355. The van der Waals surface area contributed by atoms with E-state index in [0.717, 1.165) is 57.8 Å².